The lowest BCUT2D eigenvalue weighted by atomic mass is 10.1. The second-order valence-electron chi connectivity index (χ2n) is 7.28. The van der Waals surface area contributed by atoms with Gasteiger partial charge in [-0.25, -0.2) is 8.42 Å². The fraction of sp³-hybridized carbons (Fsp3) is 0.136. The second-order valence-corrected chi connectivity index (χ2v) is 9.34. The Bertz CT molecular complexity index is 1340. The molecule has 0 aliphatic rings. The van der Waals surface area contributed by atoms with Crippen molar-refractivity contribution in [2.45, 2.75) is 25.7 Å². The Balaban J connectivity index is 1.88. The molecule has 3 aromatic rings. The van der Waals surface area contributed by atoms with E-state index in [1.807, 2.05) is 26.0 Å². The van der Waals surface area contributed by atoms with Crippen LogP contribution in [0.25, 0.3) is 0 Å². The van der Waals surface area contributed by atoms with Gasteiger partial charge in [-0.05, 0) is 56.2 Å². The van der Waals surface area contributed by atoms with Gasteiger partial charge in [0.25, 0.3) is 21.6 Å². The first-order chi connectivity index (χ1) is 15.0. The van der Waals surface area contributed by atoms with Gasteiger partial charge in [-0.3, -0.25) is 19.6 Å². The van der Waals surface area contributed by atoms with Gasteiger partial charge >= 0.3 is 0 Å². The summed E-state index contributed by atoms with van der Waals surface area (Å²) in [5, 5.41) is 13.3. The van der Waals surface area contributed by atoms with Crippen molar-refractivity contribution in [3.05, 3.63) is 92.0 Å². The number of nitro groups is 1. The third kappa shape index (κ3) is 5.06. The molecule has 32 heavy (non-hydrogen) atoms. The number of nitro benzene ring substituents is 1. The average Bonchev–Trinajstić information content (AvgIpc) is 2.71. The van der Waals surface area contributed by atoms with Crippen LogP contribution in [0.3, 0.4) is 0 Å². The summed E-state index contributed by atoms with van der Waals surface area (Å²) in [7, 11) is -3.93. The van der Waals surface area contributed by atoms with E-state index in [9.17, 15) is 23.3 Å². The normalized spacial score (nSPS) is 11.1. The van der Waals surface area contributed by atoms with Crippen molar-refractivity contribution in [2.75, 3.05) is 10.0 Å². The van der Waals surface area contributed by atoms with E-state index in [0.717, 1.165) is 17.2 Å². The summed E-state index contributed by atoms with van der Waals surface area (Å²) in [6.45, 7) is 5.37. The molecule has 3 aromatic carbocycles. The molecule has 10 heteroatoms. The van der Waals surface area contributed by atoms with Crippen LogP contribution in [0.4, 0.5) is 17.1 Å². The molecular formula is C22H20ClN3O5S. The number of halogens is 1. The van der Waals surface area contributed by atoms with E-state index in [-0.39, 0.29) is 26.9 Å². The molecule has 166 valence electrons. The highest BCUT2D eigenvalue weighted by atomic mass is 35.5. The minimum Gasteiger partial charge on any atom is -0.322 e. The molecule has 2 N–H and O–H groups in total. The van der Waals surface area contributed by atoms with Crippen LogP contribution < -0.4 is 10.0 Å². The van der Waals surface area contributed by atoms with Gasteiger partial charge in [-0.15, -0.1) is 0 Å². The predicted molar refractivity (Wildman–Crippen MR) is 124 cm³/mol. The zero-order chi connectivity index (χ0) is 23.6. The van der Waals surface area contributed by atoms with Crippen LogP contribution >= 0.6 is 11.6 Å². The van der Waals surface area contributed by atoms with E-state index in [1.54, 1.807) is 25.1 Å². The minimum absolute atomic E-state index is 0.00470. The van der Waals surface area contributed by atoms with Crippen LogP contribution in [0.2, 0.25) is 5.02 Å². The number of nitrogens with one attached hydrogen (secondary N) is 2. The maximum Gasteiger partial charge on any atom is 0.270 e. The average molecular weight is 474 g/mol. The SMILES string of the molecule is Cc1ccc(NS(=O)(=O)c2cc(NC(=O)c3ccc([N+](=O)[O-])cc3Cl)ccc2C)c(C)c1. The standard InChI is InChI=1S/C22H20ClN3O5S/c1-13-4-9-20(15(3)10-13)25-32(30,31)21-11-16(6-5-14(21)2)24-22(27)18-8-7-17(26(28)29)12-19(18)23/h4-12,25H,1-3H3,(H,24,27). The third-order valence-electron chi connectivity index (χ3n) is 4.77. The monoisotopic (exact) mass is 473 g/mol. The molecule has 0 spiro atoms. The van der Waals surface area contributed by atoms with E-state index >= 15 is 0 Å². The van der Waals surface area contributed by atoms with Gasteiger partial charge in [0.15, 0.2) is 0 Å². The molecule has 1 amide bonds. The zero-order valence-electron chi connectivity index (χ0n) is 17.5. The van der Waals surface area contributed by atoms with Gasteiger partial charge in [0, 0.05) is 17.8 Å². The van der Waals surface area contributed by atoms with Gasteiger partial charge in [0.1, 0.15) is 0 Å². The van der Waals surface area contributed by atoms with Gasteiger partial charge in [-0.2, -0.15) is 0 Å². The number of carbonyl (C=O) groups excluding carboxylic acids is 1. The maximum atomic E-state index is 13.0. The Labute approximate surface area is 190 Å². The van der Waals surface area contributed by atoms with Crippen molar-refractivity contribution in [1.82, 2.24) is 0 Å². The van der Waals surface area contributed by atoms with Crippen LogP contribution in [0.1, 0.15) is 27.0 Å². The Morgan fingerprint density at radius 1 is 0.969 bits per heavy atom. The first-order valence-electron chi connectivity index (χ1n) is 9.44. The molecular weight excluding hydrogens is 454 g/mol. The quantitative estimate of drug-likeness (QED) is 0.375. The van der Waals surface area contributed by atoms with Gasteiger partial charge in [0.2, 0.25) is 0 Å². The molecule has 0 atom stereocenters. The van der Waals surface area contributed by atoms with E-state index < -0.39 is 20.9 Å². The van der Waals surface area contributed by atoms with E-state index in [4.69, 9.17) is 11.6 Å². The number of aryl methyl sites for hydroxylation is 3. The third-order valence-corrected chi connectivity index (χ3v) is 6.59. The number of hydrogen-bond acceptors (Lipinski definition) is 5. The Hall–Kier alpha value is -3.43. The number of non-ortho nitro benzene ring substituents is 1. The first kappa shape index (κ1) is 23.2. The van der Waals surface area contributed by atoms with E-state index in [1.165, 1.54) is 18.2 Å². The van der Waals surface area contributed by atoms with Crippen molar-refractivity contribution < 1.29 is 18.1 Å². The molecule has 0 fully saturated rings. The maximum absolute atomic E-state index is 13.0. The van der Waals surface area contributed by atoms with Gasteiger partial charge in [0.05, 0.1) is 26.1 Å². The number of amides is 1. The lowest BCUT2D eigenvalue weighted by Crippen LogP contribution is -2.17. The molecule has 0 aromatic heterocycles. The first-order valence-corrected chi connectivity index (χ1v) is 11.3. The summed E-state index contributed by atoms with van der Waals surface area (Å²) in [5.41, 5.74) is 2.76. The largest absolute Gasteiger partial charge is 0.322 e. The van der Waals surface area contributed by atoms with Crippen molar-refractivity contribution in [2.24, 2.45) is 0 Å². The number of carbonyl (C=O) groups is 1. The lowest BCUT2D eigenvalue weighted by molar-refractivity contribution is -0.384. The highest BCUT2D eigenvalue weighted by molar-refractivity contribution is 7.92. The molecule has 0 bridgehead atoms. The topological polar surface area (TPSA) is 118 Å². The fourth-order valence-electron chi connectivity index (χ4n) is 3.10. The van der Waals surface area contributed by atoms with Crippen LogP contribution in [0, 0.1) is 30.9 Å². The fourth-order valence-corrected chi connectivity index (χ4v) is 4.76. The molecule has 0 aliphatic heterocycles. The second kappa shape index (κ2) is 8.97. The zero-order valence-corrected chi connectivity index (χ0v) is 19.0. The van der Waals surface area contributed by atoms with Crippen molar-refractivity contribution in [1.29, 1.82) is 0 Å². The smallest absolute Gasteiger partial charge is 0.270 e. The summed E-state index contributed by atoms with van der Waals surface area (Å²) in [5.74, 6) is -0.626. The highest BCUT2D eigenvalue weighted by Crippen LogP contribution is 2.27. The summed E-state index contributed by atoms with van der Waals surface area (Å²) < 4.78 is 28.6. The molecule has 0 unspecified atom stereocenters. The Morgan fingerprint density at radius 2 is 1.69 bits per heavy atom. The van der Waals surface area contributed by atoms with E-state index in [2.05, 4.69) is 10.0 Å². The Morgan fingerprint density at radius 3 is 2.31 bits per heavy atom. The molecule has 0 radical (unpaired) electrons. The number of sulfonamides is 1. The molecule has 0 aliphatic carbocycles. The molecule has 0 saturated carbocycles. The van der Waals surface area contributed by atoms with Crippen LogP contribution in [-0.2, 0) is 10.0 Å². The van der Waals surface area contributed by atoms with Crippen molar-refractivity contribution >= 4 is 44.6 Å². The van der Waals surface area contributed by atoms with E-state index in [0.29, 0.717) is 11.3 Å². The number of nitrogens with zero attached hydrogens (tertiary/aromatic N) is 1. The van der Waals surface area contributed by atoms with Crippen molar-refractivity contribution in [3.63, 3.8) is 0 Å². The van der Waals surface area contributed by atoms with Gasteiger partial charge < -0.3 is 5.32 Å². The summed E-state index contributed by atoms with van der Waals surface area (Å²) in [4.78, 5) is 22.8. The highest BCUT2D eigenvalue weighted by Gasteiger charge is 2.20. The number of hydrogen-bond donors (Lipinski definition) is 2. The van der Waals surface area contributed by atoms with Crippen LogP contribution in [-0.4, -0.2) is 19.2 Å². The minimum atomic E-state index is -3.93. The van der Waals surface area contributed by atoms with Gasteiger partial charge in [-0.1, -0.05) is 35.4 Å². The summed E-state index contributed by atoms with van der Waals surface area (Å²) >= 11 is 6.01. The van der Waals surface area contributed by atoms with Crippen LogP contribution in [0.15, 0.2) is 59.5 Å². The lowest BCUT2D eigenvalue weighted by Gasteiger charge is -2.14. The number of rotatable bonds is 6. The molecule has 0 heterocycles. The number of anilines is 2. The van der Waals surface area contributed by atoms with Crippen molar-refractivity contribution in [3.8, 4) is 0 Å². The van der Waals surface area contributed by atoms with Crippen LogP contribution in [0.5, 0.6) is 0 Å². The number of benzene rings is 3. The summed E-state index contributed by atoms with van der Waals surface area (Å²) in [6, 6.07) is 13.3. The molecule has 3 rings (SSSR count). The predicted octanol–water partition coefficient (Wildman–Crippen LogP) is 5.23. The Kier molecular flexibility index (Phi) is 6.52. The summed E-state index contributed by atoms with van der Waals surface area (Å²) in [6.07, 6.45) is 0. The molecule has 8 nitrogen and oxygen atoms in total. The molecule has 0 saturated heterocycles.